The zero-order valence-corrected chi connectivity index (χ0v) is 12.7. The van der Waals surface area contributed by atoms with Crippen LogP contribution in [0.15, 0.2) is 0 Å². The molecular formula is C16H33N. The topological polar surface area (TPSA) is 12.0 Å². The Labute approximate surface area is 109 Å². The van der Waals surface area contributed by atoms with Gasteiger partial charge in [-0.3, -0.25) is 0 Å². The molecule has 1 fully saturated rings. The molecule has 0 aromatic carbocycles. The Morgan fingerprint density at radius 1 is 1.18 bits per heavy atom. The Balaban J connectivity index is 2.55. The predicted octanol–water partition coefficient (Wildman–Crippen LogP) is 4.62. The van der Waals surface area contributed by atoms with Crippen LogP contribution in [0.1, 0.15) is 72.6 Å². The van der Waals surface area contributed by atoms with Crippen LogP contribution in [-0.2, 0) is 0 Å². The molecule has 0 aliphatic heterocycles. The maximum atomic E-state index is 3.58. The molecule has 3 unspecified atom stereocenters. The number of rotatable bonds is 6. The van der Waals surface area contributed by atoms with Gasteiger partial charge in [0.05, 0.1) is 0 Å². The van der Waals surface area contributed by atoms with Crippen LogP contribution in [0.25, 0.3) is 0 Å². The normalized spacial score (nSPS) is 30.5. The smallest absolute Gasteiger partial charge is 0.00999 e. The summed E-state index contributed by atoms with van der Waals surface area (Å²) in [6, 6.07) is 0.746. The second-order valence-corrected chi connectivity index (χ2v) is 6.87. The van der Waals surface area contributed by atoms with E-state index in [1.54, 1.807) is 0 Å². The first-order chi connectivity index (χ1) is 8.01. The van der Waals surface area contributed by atoms with Crippen LogP contribution in [0, 0.1) is 17.3 Å². The molecule has 0 aromatic heterocycles. The summed E-state index contributed by atoms with van der Waals surface area (Å²) >= 11 is 0. The second kappa shape index (κ2) is 6.78. The fraction of sp³-hybridized carbons (Fsp3) is 1.00. The van der Waals surface area contributed by atoms with E-state index in [0.717, 1.165) is 17.9 Å². The Hall–Kier alpha value is -0.0400. The fourth-order valence-electron chi connectivity index (χ4n) is 3.65. The molecule has 1 saturated carbocycles. The zero-order valence-electron chi connectivity index (χ0n) is 12.7. The van der Waals surface area contributed by atoms with E-state index in [2.05, 4.69) is 40.1 Å². The lowest BCUT2D eigenvalue weighted by Crippen LogP contribution is -2.45. The van der Waals surface area contributed by atoms with Crippen molar-refractivity contribution in [2.75, 3.05) is 7.05 Å². The first kappa shape index (κ1) is 15.0. The van der Waals surface area contributed by atoms with E-state index in [-0.39, 0.29) is 0 Å². The molecule has 1 rings (SSSR count). The highest BCUT2D eigenvalue weighted by Crippen LogP contribution is 2.43. The third-order valence-electron chi connectivity index (χ3n) is 4.91. The average Bonchev–Trinajstić information content (AvgIpc) is 2.28. The molecule has 0 saturated heterocycles. The van der Waals surface area contributed by atoms with Crippen LogP contribution in [-0.4, -0.2) is 13.1 Å². The minimum atomic E-state index is 0.517. The molecular weight excluding hydrogens is 206 g/mol. The van der Waals surface area contributed by atoms with Gasteiger partial charge >= 0.3 is 0 Å². The van der Waals surface area contributed by atoms with Crippen LogP contribution in [0.4, 0.5) is 0 Å². The second-order valence-electron chi connectivity index (χ2n) is 6.87. The van der Waals surface area contributed by atoms with Crippen molar-refractivity contribution in [3.8, 4) is 0 Å². The van der Waals surface area contributed by atoms with Crippen molar-refractivity contribution >= 4 is 0 Å². The monoisotopic (exact) mass is 239 g/mol. The largest absolute Gasteiger partial charge is 0.317 e. The number of nitrogens with one attached hydrogen (secondary N) is 1. The van der Waals surface area contributed by atoms with E-state index in [9.17, 15) is 0 Å². The summed E-state index contributed by atoms with van der Waals surface area (Å²) < 4.78 is 0. The van der Waals surface area contributed by atoms with Gasteiger partial charge in [0.25, 0.3) is 0 Å². The number of hydrogen-bond donors (Lipinski definition) is 1. The molecule has 0 radical (unpaired) electrons. The van der Waals surface area contributed by atoms with Crippen molar-refractivity contribution in [2.45, 2.75) is 78.7 Å². The van der Waals surface area contributed by atoms with E-state index >= 15 is 0 Å². The van der Waals surface area contributed by atoms with Crippen LogP contribution in [0.3, 0.4) is 0 Å². The van der Waals surface area contributed by atoms with Crippen LogP contribution < -0.4 is 5.32 Å². The van der Waals surface area contributed by atoms with Gasteiger partial charge in [0, 0.05) is 6.04 Å². The zero-order chi connectivity index (χ0) is 12.9. The van der Waals surface area contributed by atoms with Crippen molar-refractivity contribution in [1.82, 2.24) is 5.32 Å². The van der Waals surface area contributed by atoms with Crippen molar-refractivity contribution < 1.29 is 0 Å². The van der Waals surface area contributed by atoms with Crippen molar-refractivity contribution in [3.63, 3.8) is 0 Å². The van der Waals surface area contributed by atoms with Gasteiger partial charge in [-0.2, -0.15) is 0 Å². The lowest BCUT2D eigenvalue weighted by molar-refractivity contribution is 0.0880. The van der Waals surface area contributed by atoms with Crippen LogP contribution >= 0.6 is 0 Å². The molecule has 1 nitrogen and oxygen atoms in total. The summed E-state index contributed by atoms with van der Waals surface area (Å²) in [4.78, 5) is 0. The van der Waals surface area contributed by atoms with E-state index in [0.29, 0.717) is 5.41 Å². The standard InChI is InChI=1S/C16H33N/c1-6-7-8-11-16(3,4)14-10-9-13(2)12-15(14)17-5/h13-15,17H,6-12H2,1-5H3. The minimum absolute atomic E-state index is 0.517. The molecule has 17 heavy (non-hydrogen) atoms. The van der Waals surface area contributed by atoms with E-state index in [4.69, 9.17) is 0 Å². The van der Waals surface area contributed by atoms with Crippen molar-refractivity contribution in [3.05, 3.63) is 0 Å². The van der Waals surface area contributed by atoms with E-state index in [1.165, 1.54) is 44.9 Å². The predicted molar refractivity (Wildman–Crippen MR) is 77.3 cm³/mol. The summed E-state index contributed by atoms with van der Waals surface area (Å²) in [6.07, 6.45) is 9.78. The van der Waals surface area contributed by atoms with Gasteiger partial charge in [0.1, 0.15) is 0 Å². The summed E-state index contributed by atoms with van der Waals surface area (Å²) in [5.74, 6) is 1.79. The molecule has 1 aliphatic carbocycles. The fourth-order valence-corrected chi connectivity index (χ4v) is 3.65. The molecule has 102 valence electrons. The van der Waals surface area contributed by atoms with Gasteiger partial charge in [-0.1, -0.05) is 53.4 Å². The van der Waals surface area contributed by atoms with Gasteiger partial charge in [0.15, 0.2) is 0 Å². The van der Waals surface area contributed by atoms with Gasteiger partial charge in [0.2, 0.25) is 0 Å². The third-order valence-corrected chi connectivity index (χ3v) is 4.91. The maximum Gasteiger partial charge on any atom is 0.00999 e. The van der Waals surface area contributed by atoms with Crippen LogP contribution in [0.5, 0.6) is 0 Å². The Bertz CT molecular complexity index is 210. The van der Waals surface area contributed by atoms with Gasteiger partial charge in [-0.15, -0.1) is 0 Å². The van der Waals surface area contributed by atoms with Crippen molar-refractivity contribution in [1.29, 1.82) is 0 Å². The average molecular weight is 239 g/mol. The Morgan fingerprint density at radius 3 is 2.47 bits per heavy atom. The summed E-state index contributed by atoms with van der Waals surface area (Å²) in [6.45, 7) is 9.69. The number of unbranched alkanes of at least 4 members (excludes halogenated alkanes) is 2. The lowest BCUT2D eigenvalue weighted by Gasteiger charge is -2.44. The molecule has 1 aliphatic rings. The summed E-state index contributed by atoms with van der Waals surface area (Å²) in [5.41, 5.74) is 0.517. The molecule has 1 heteroatoms. The maximum absolute atomic E-state index is 3.58. The first-order valence-electron chi connectivity index (χ1n) is 7.68. The van der Waals surface area contributed by atoms with Crippen molar-refractivity contribution in [2.24, 2.45) is 17.3 Å². The molecule has 0 aromatic rings. The lowest BCUT2D eigenvalue weighted by atomic mass is 9.64. The summed E-state index contributed by atoms with van der Waals surface area (Å²) in [7, 11) is 2.15. The highest BCUT2D eigenvalue weighted by molar-refractivity contribution is 4.91. The Kier molecular flexibility index (Phi) is 5.99. The molecule has 1 N–H and O–H groups in total. The molecule has 0 spiro atoms. The summed E-state index contributed by atoms with van der Waals surface area (Å²) in [5, 5.41) is 3.58. The number of hydrogen-bond acceptors (Lipinski definition) is 1. The van der Waals surface area contributed by atoms with E-state index in [1.807, 2.05) is 0 Å². The molecule has 3 atom stereocenters. The SMILES string of the molecule is CCCCCC(C)(C)C1CCC(C)CC1NC. The van der Waals surface area contributed by atoms with E-state index < -0.39 is 0 Å². The Morgan fingerprint density at radius 2 is 1.88 bits per heavy atom. The van der Waals surface area contributed by atoms with Gasteiger partial charge < -0.3 is 5.32 Å². The molecule has 0 bridgehead atoms. The quantitative estimate of drug-likeness (QED) is 0.667. The third kappa shape index (κ3) is 4.28. The van der Waals surface area contributed by atoms with Gasteiger partial charge in [-0.25, -0.2) is 0 Å². The highest BCUT2D eigenvalue weighted by atomic mass is 14.9. The first-order valence-corrected chi connectivity index (χ1v) is 7.68. The van der Waals surface area contributed by atoms with Gasteiger partial charge in [-0.05, 0) is 43.6 Å². The minimum Gasteiger partial charge on any atom is -0.317 e. The molecule has 0 heterocycles. The van der Waals surface area contributed by atoms with Crippen LogP contribution in [0.2, 0.25) is 0 Å². The highest BCUT2D eigenvalue weighted by Gasteiger charge is 2.37. The molecule has 0 amide bonds.